The number of nitrogens with zero attached hydrogens (tertiary/aromatic N) is 1. The molecule has 2 nitrogen and oxygen atoms in total. The van der Waals surface area contributed by atoms with Crippen LogP contribution < -0.4 is 0 Å². The Morgan fingerprint density at radius 3 is 2.56 bits per heavy atom. The third-order valence-corrected chi connectivity index (χ3v) is 3.33. The van der Waals surface area contributed by atoms with E-state index in [4.69, 9.17) is 0 Å². The molecule has 0 aliphatic heterocycles. The largest absolute Gasteiger partial charge is 0.341 e. The van der Waals surface area contributed by atoms with Crippen molar-refractivity contribution in [2.24, 2.45) is 5.92 Å². The van der Waals surface area contributed by atoms with E-state index < -0.39 is 0 Å². The molecule has 0 saturated heterocycles. The molecule has 0 heterocycles. The van der Waals surface area contributed by atoms with Crippen molar-refractivity contribution in [1.82, 2.24) is 4.90 Å². The molecular formula is C14H19NO. The highest BCUT2D eigenvalue weighted by molar-refractivity contribution is 5.94. The lowest BCUT2D eigenvalue weighted by atomic mass is 10.1. The van der Waals surface area contributed by atoms with E-state index in [1.165, 1.54) is 24.0 Å². The standard InChI is InChI=1S/C14H19NO/c1-10-4-7-13(8-11(10)2)14(16)15(3)9-12-5-6-12/h4,7-8,12H,5-6,9H2,1-3H3. The van der Waals surface area contributed by atoms with Crippen LogP contribution in [-0.2, 0) is 0 Å². The van der Waals surface area contributed by atoms with Gasteiger partial charge in [-0.25, -0.2) is 0 Å². The topological polar surface area (TPSA) is 20.3 Å². The summed E-state index contributed by atoms with van der Waals surface area (Å²) >= 11 is 0. The van der Waals surface area contributed by atoms with Gasteiger partial charge in [-0.05, 0) is 55.9 Å². The van der Waals surface area contributed by atoms with Crippen molar-refractivity contribution in [3.05, 3.63) is 34.9 Å². The zero-order valence-electron chi connectivity index (χ0n) is 10.3. The second-order valence-electron chi connectivity index (χ2n) is 4.93. The van der Waals surface area contributed by atoms with E-state index in [0.29, 0.717) is 0 Å². The highest BCUT2D eigenvalue weighted by Gasteiger charge is 2.25. The fraction of sp³-hybridized carbons (Fsp3) is 0.500. The zero-order chi connectivity index (χ0) is 11.7. The van der Waals surface area contributed by atoms with Gasteiger partial charge in [0, 0.05) is 19.2 Å². The summed E-state index contributed by atoms with van der Waals surface area (Å²) in [5.74, 6) is 0.899. The van der Waals surface area contributed by atoms with Crippen LogP contribution in [0.4, 0.5) is 0 Å². The van der Waals surface area contributed by atoms with Crippen LogP contribution in [-0.4, -0.2) is 24.4 Å². The molecule has 1 aromatic carbocycles. The van der Waals surface area contributed by atoms with Gasteiger partial charge in [-0.15, -0.1) is 0 Å². The van der Waals surface area contributed by atoms with Crippen molar-refractivity contribution >= 4 is 5.91 Å². The van der Waals surface area contributed by atoms with Gasteiger partial charge < -0.3 is 4.90 Å². The molecule has 2 rings (SSSR count). The first-order chi connectivity index (χ1) is 7.58. The number of carbonyl (C=O) groups is 1. The Labute approximate surface area is 97.3 Å². The van der Waals surface area contributed by atoms with Gasteiger partial charge in [0.15, 0.2) is 0 Å². The molecule has 0 aromatic heterocycles. The van der Waals surface area contributed by atoms with E-state index in [1.54, 1.807) is 0 Å². The van der Waals surface area contributed by atoms with Crippen LogP contribution in [0.3, 0.4) is 0 Å². The minimum Gasteiger partial charge on any atom is -0.341 e. The molecule has 0 bridgehead atoms. The molecule has 1 aliphatic rings. The van der Waals surface area contributed by atoms with Gasteiger partial charge in [0.25, 0.3) is 5.91 Å². The van der Waals surface area contributed by atoms with Crippen molar-refractivity contribution in [3.8, 4) is 0 Å². The van der Waals surface area contributed by atoms with E-state index in [1.807, 2.05) is 37.1 Å². The molecular weight excluding hydrogens is 198 g/mol. The Hall–Kier alpha value is -1.31. The van der Waals surface area contributed by atoms with Crippen LogP contribution in [0, 0.1) is 19.8 Å². The van der Waals surface area contributed by atoms with Crippen molar-refractivity contribution in [2.75, 3.05) is 13.6 Å². The third-order valence-electron chi connectivity index (χ3n) is 3.33. The number of hydrogen-bond acceptors (Lipinski definition) is 1. The maximum Gasteiger partial charge on any atom is 0.253 e. The number of rotatable bonds is 3. The van der Waals surface area contributed by atoms with Crippen molar-refractivity contribution < 1.29 is 4.79 Å². The molecule has 16 heavy (non-hydrogen) atoms. The fourth-order valence-electron chi connectivity index (χ4n) is 1.87. The van der Waals surface area contributed by atoms with Gasteiger partial charge in [-0.3, -0.25) is 4.79 Å². The monoisotopic (exact) mass is 217 g/mol. The first kappa shape index (κ1) is 11.2. The van der Waals surface area contributed by atoms with Crippen molar-refractivity contribution in [1.29, 1.82) is 0 Å². The first-order valence-electron chi connectivity index (χ1n) is 5.90. The van der Waals surface area contributed by atoms with E-state index in [9.17, 15) is 4.79 Å². The van der Waals surface area contributed by atoms with Crippen LogP contribution in [0.15, 0.2) is 18.2 Å². The fourth-order valence-corrected chi connectivity index (χ4v) is 1.87. The molecule has 1 aromatic rings. The molecule has 86 valence electrons. The van der Waals surface area contributed by atoms with Crippen LogP contribution in [0.1, 0.15) is 34.3 Å². The minimum absolute atomic E-state index is 0.148. The van der Waals surface area contributed by atoms with Crippen molar-refractivity contribution in [2.45, 2.75) is 26.7 Å². The third kappa shape index (κ3) is 2.43. The number of aryl methyl sites for hydroxylation is 2. The van der Waals surface area contributed by atoms with Gasteiger partial charge in [0.1, 0.15) is 0 Å². The summed E-state index contributed by atoms with van der Waals surface area (Å²) in [4.78, 5) is 13.9. The number of carbonyl (C=O) groups excluding carboxylic acids is 1. The normalized spacial score (nSPS) is 14.9. The maximum atomic E-state index is 12.1. The molecule has 1 fully saturated rings. The molecule has 1 aliphatic carbocycles. The summed E-state index contributed by atoms with van der Waals surface area (Å²) in [5, 5.41) is 0. The smallest absolute Gasteiger partial charge is 0.253 e. The Bertz CT molecular complexity index is 407. The quantitative estimate of drug-likeness (QED) is 0.762. The number of amides is 1. The van der Waals surface area contributed by atoms with Gasteiger partial charge in [-0.2, -0.15) is 0 Å². The Kier molecular flexibility index (Phi) is 2.99. The Morgan fingerprint density at radius 1 is 1.31 bits per heavy atom. The average molecular weight is 217 g/mol. The Morgan fingerprint density at radius 2 is 2.00 bits per heavy atom. The molecule has 0 spiro atoms. The summed E-state index contributed by atoms with van der Waals surface area (Å²) in [6, 6.07) is 5.93. The highest BCUT2D eigenvalue weighted by atomic mass is 16.2. The van der Waals surface area contributed by atoms with Crippen molar-refractivity contribution in [3.63, 3.8) is 0 Å². The van der Waals surface area contributed by atoms with Gasteiger partial charge in [0.2, 0.25) is 0 Å². The van der Waals surface area contributed by atoms with Gasteiger partial charge in [-0.1, -0.05) is 6.07 Å². The van der Waals surface area contributed by atoms with E-state index in [0.717, 1.165) is 18.0 Å². The number of hydrogen-bond donors (Lipinski definition) is 0. The predicted octanol–water partition coefficient (Wildman–Crippen LogP) is 2.79. The Balaban J connectivity index is 2.09. The molecule has 1 saturated carbocycles. The zero-order valence-corrected chi connectivity index (χ0v) is 10.3. The maximum absolute atomic E-state index is 12.1. The highest BCUT2D eigenvalue weighted by Crippen LogP contribution is 2.29. The molecule has 0 atom stereocenters. The number of benzene rings is 1. The lowest BCUT2D eigenvalue weighted by Crippen LogP contribution is -2.28. The summed E-state index contributed by atoms with van der Waals surface area (Å²) in [5.41, 5.74) is 3.23. The minimum atomic E-state index is 0.148. The van der Waals surface area contributed by atoms with E-state index in [2.05, 4.69) is 6.92 Å². The van der Waals surface area contributed by atoms with Crippen LogP contribution in [0.5, 0.6) is 0 Å². The van der Waals surface area contributed by atoms with E-state index >= 15 is 0 Å². The molecule has 2 heteroatoms. The predicted molar refractivity (Wildman–Crippen MR) is 65.6 cm³/mol. The molecule has 1 amide bonds. The average Bonchev–Trinajstić information content (AvgIpc) is 3.05. The summed E-state index contributed by atoms with van der Waals surface area (Å²) in [7, 11) is 1.90. The van der Waals surface area contributed by atoms with Crippen LogP contribution in [0.2, 0.25) is 0 Å². The second-order valence-corrected chi connectivity index (χ2v) is 4.93. The molecule has 0 N–H and O–H groups in total. The summed E-state index contributed by atoms with van der Waals surface area (Å²) in [6.07, 6.45) is 2.56. The van der Waals surface area contributed by atoms with E-state index in [-0.39, 0.29) is 5.91 Å². The lowest BCUT2D eigenvalue weighted by molar-refractivity contribution is 0.0788. The van der Waals surface area contributed by atoms with Crippen LogP contribution in [0.25, 0.3) is 0 Å². The second kappa shape index (κ2) is 4.28. The molecule has 0 unspecified atom stereocenters. The SMILES string of the molecule is Cc1ccc(C(=O)N(C)CC2CC2)cc1C. The first-order valence-corrected chi connectivity index (χ1v) is 5.90. The molecule has 0 radical (unpaired) electrons. The van der Waals surface area contributed by atoms with Gasteiger partial charge in [0.05, 0.1) is 0 Å². The summed E-state index contributed by atoms with van der Waals surface area (Å²) < 4.78 is 0. The summed E-state index contributed by atoms with van der Waals surface area (Å²) in [6.45, 7) is 5.02. The van der Waals surface area contributed by atoms with Gasteiger partial charge >= 0.3 is 0 Å². The van der Waals surface area contributed by atoms with Crippen LogP contribution >= 0.6 is 0 Å². The lowest BCUT2D eigenvalue weighted by Gasteiger charge is -2.17.